The Labute approximate surface area is 196 Å². The van der Waals surface area contributed by atoms with Gasteiger partial charge in [0.1, 0.15) is 5.82 Å². The second-order valence-electron chi connectivity index (χ2n) is 8.31. The highest BCUT2D eigenvalue weighted by Gasteiger charge is 2.33. The Morgan fingerprint density at radius 3 is 2.83 bits per heavy atom. The zero-order chi connectivity index (χ0) is 19.3. The van der Waals surface area contributed by atoms with E-state index in [4.69, 9.17) is 16.6 Å². The molecule has 1 atom stereocenters. The Morgan fingerprint density at radius 1 is 1.31 bits per heavy atom. The highest BCUT2D eigenvalue weighted by Crippen LogP contribution is 2.34. The molecule has 1 unspecified atom stereocenters. The summed E-state index contributed by atoms with van der Waals surface area (Å²) >= 11 is 6.31. The van der Waals surface area contributed by atoms with Crippen molar-refractivity contribution in [2.75, 3.05) is 44.2 Å². The van der Waals surface area contributed by atoms with Crippen LogP contribution in [0.5, 0.6) is 0 Å². The molecular formula is C21H34ClIN6. The van der Waals surface area contributed by atoms with E-state index in [0.29, 0.717) is 6.04 Å². The number of aromatic nitrogens is 1. The highest BCUT2D eigenvalue weighted by molar-refractivity contribution is 14.0. The first-order valence-corrected chi connectivity index (χ1v) is 11.2. The maximum absolute atomic E-state index is 6.31. The van der Waals surface area contributed by atoms with Crippen molar-refractivity contribution in [1.82, 2.24) is 20.5 Å². The molecule has 1 aromatic rings. The van der Waals surface area contributed by atoms with Gasteiger partial charge in [0.15, 0.2) is 5.96 Å². The lowest BCUT2D eigenvalue weighted by atomic mass is 10.3. The third-order valence-electron chi connectivity index (χ3n) is 5.82. The monoisotopic (exact) mass is 532 g/mol. The first-order chi connectivity index (χ1) is 13.7. The standard InChI is InChI=1S/C21H33ClN6.HI/c1-2-23-21(25-11-13-27(18-7-8-18)14-16-5-6-16)26-17-9-12-28(15-17)20-19(22)4-3-10-24-20;/h3-4,10,16-18H,2,5-9,11-15H2,1H3,(H2,23,25,26);1H. The average Bonchev–Trinajstić information content (AvgIpc) is 3.61. The largest absolute Gasteiger partial charge is 0.357 e. The predicted octanol–water partition coefficient (Wildman–Crippen LogP) is 3.36. The Morgan fingerprint density at radius 2 is 2.14 bits per heavy atom. The smallest absolute Gasteiger partial charge is 0.191 e. The van der Waals surface area contributed by atoms with Gasteiger partial charge in [0.25, 0.3) is 0 Å². The fourth-order valence-corrected chi connectivity index (χ4v) is 4.22. The average molecular weight is 533 g/mol. The second-order valence-corrected chi connectivity index (χ2v) is 8.72. The molecular weight excluding hydrogens is 499 g/mol. The van der Waals surface area contributed by atoms with Gasteiger partial charge in [-0.3, -0.25) is 9.89 Å². The van der Waals surface area contributed by atoms with Gasteiger partial charge < -0.3 is 15.5 Å². The molecule has 0 amide bonds. The van der Waals surface area contributed by atoms with Crippen LogP contribution in [0.2, 0.25) is 5.02 Å². The minimum Gasteiger partial charge on any atom is -0.357 e. The molecule has 3 fully saturated rings. The lowest BCUT2D eigenvalue weighted by Crippen LogP contribution is -2.45. The van der Waals surface area contributed by atoms with E-state index in [0.717, 1.165) is 67.9 Å². The van der Waals surface area contributed by atoms with Crippen molar-refractivity contribution in [3.05, 3.63) is 23.4 Å². The van der Waals surface area contributed by atoms with E-state index in [1.165, 1.54) is 32.2 Å². The molecule has 2 saturated carbocycles. The van der Waals surface area contributed by atoms with Crippen molar-refractivity contribution in [2.24, 2.45) is 10.9 Å². The number of pyridine rings is 1. The number of halogens is 2. The molecule has 1 aliphatic heterocycles. The first-order valence-electron chi connectivity index (χ1n) is 10.9. The van der Waals surface area contributed by atoms with Crippen molar-refractivity contribution >= 4 is 47.4 Å². The lowest BCUT2D eigenvalue weighted by Gasteiger charge is -2.22. The van der Waals surface area contributed by atoms with Gasteiger partial charge in [0.05, 0.1) is 11.6 Å². The molecule has 8 heteroatoms. The minimum absolute atomic E-state index is 0. The lowest BCUT2D eigenvalue weighted by molar-refractivity contribution is 0.260. The van der Waals surface area contributed by atoms with Crippen LogP contribution >= 0.6 is 35.6 Å². The Balaban J connectivity index is 0.00000240. The summed E-state index contributed by atoms with van der Waals surface area (Å²) in [6, 6.07) is 4.98. The molecule has 29 heavy (non-hydrogen) atoms. The van der Waals surface area contributed by atoms with Crippen molar-refractivity contribution in [3.8, 4) is 0 Å². The van der Waals surface area contributed by atoms with Crippen LogP contribution in [0.1, 0.15) is 39.0 Å². The molecule has 2 heterocycles. The molecule has 3 aliphatic rings. The highest BCUT2D eigenvalue weighted by atomic mass is 127. The van der Waals surface area contributed by atoms with Crippen molar-refractivity contribution in [1.29, 1.82) is 0 Å². The van der Waals surface area contributed by atoms with E-state index in [2.05, 4.69) is 32.3 Å². The van der Waals surface area contributed by atoms with E-state index >= 15 is 0 Å². The topological polar surface area (TPSA) is 55.8 Å². The van der Waals surface area contributed by atoms with Gasteiger partial charge in [-0.05, 0) is 57.1 Å². The summed E-state index contributed by atoms with van der Waals surface area (Å²) in [6.45, 7) is 8.09. The molecule has 162 valence electrons. The first kappa shape index (κ1) is 22.9. The number of anilines is 1. The van der Waals surface area contributed by atoms with Gasteiger partial charge in [-0.25, -0.2) is 4.98 Å². The zero-order valence-electron chi connectivity index (χ0n) is 17.3. The van der Waals surface area contributed by atoms with Crippen LogP contribution in [-0.4, -0.2) is 67.2 Å². The summed E-state index contributed by atoms with van der Waals surface area (Å²) in [5.41, 5.74) is 0. The summed E-state index contributed by atoms with van der Waals surface area (Å²) in [6.07, 6.45) is 8.48. The molecule has 0 radical (unpaired) electrons. The third-order valence-corrected chi connectivity index (χ3v) is 6.12. The van der Waals surface area contributed by atoms with Crippen LogP contribution < -0.4 is 15.5 Å². The third kappa shape index (κ3) is 6.85. The number of guanidine groups is 1. The number of rotatable bonds is 9. The van der Waals surface area contributed by atoms with Gasteiger partial charge in [-0.2, -0.15) is 0 Å². The minimum atomic E-state index is 0. The SMILES string of the molecule is CCNC(=NCCN(CC1CC1)C1CC1)NC1CCN(c2ncccc2Cl)C1.I. The summed E-state index contributed by atoms with van der Waals surface area (Å²) in [7, 11) is 0. The molecule has 2 N–H and O–H groups in total. The normalized spacial score (nSPS) is 22.0. The van der Waals surface area contributed by atoms with E-state index in [-0.39, 0.29) is 24.0 Å². The quantitative estimate of drug-likeness (QED) is 0.290. The summed E-state index contributed by atoms with van der Waals surface area (Å²) < 4.78 is 0. The van der Waals surface area contributed by atoms with Crippen LogP contribution in [-0.2, 0) is 0 Å². The van der Waals surface area contributed by atoms with Crippen LogP contribution in [0.15, 0.2) is 23.3 Å². The van der Waals surface area contributed by atoms with Crippen molar-refractivity contribution in [2.45, 2.75) is 51.1 Å². The van der Waals surface area contributed by atoms with Crippen LogP contribution in [0.4, 0.5) is 5.82 Å². The van der Waals surface area contributed by atoms with E-state index in [9.17, 15) is 0 Å². The Bertz CT molecular complexity index is 679. The Hall–Kier alpha value is -0.800. The summed E-state index contributed by atoms with van der Waals surface area (Å²) in [5, 5.41) is 7.74. The Kier molecular flexibility index (Phi) is 8.68. The molecule has 1 aromatic heterocycles. The fourth-order valence-electron chi connectivity index (χ4n) is 3.98. The van der Waals surface area contributed by atoms with E-state index in [1.54, 1.807) is 6.20 Å². The number of nitrogens with one attached hydrogen (secondary N) is 2. The van der Waals surface area contributed by atoms with Crippen molar-refractivity contribution < 1.29 is 0 Å². The molecule has 1 saturated heterocycles. The molecule has 6 nitrogen and oxygen atoms in total. The summed E-state index contributed by atoms with van der Waals surface area (Å²) in [4.78, 5) is 14.2. The van der Waals surface area contributed by atoms with Crippen molar-refractivity contribution in [3.63, 3.8) is 0 Å². The zero-order valence-corrected chi connectivity index (χ0v) is 20.4. The molecule has 0 spiro atoms. The van der Waals surface area contributed by atoms with Gasteiger partial charge >= 0.3 is 0 Å². The second kappa shape index (κ2) is 11.0. The van der Waals surface area contributed by atoms with Crippen LogP contribution in [0, 0.1) is 5.92 Å². The number of hydrogen-bond donors (Lipinski definition) is 2. The van der Waals surface area contributed by atoms with Crippen LogP contribution in [0.3, 0.4) is 0 Å². The number of nitrogens with zero attached hydrogens (tertiary/aromatic N) is 4. The van der Waals surface area contributed by atoms with Gasteiger partial charge in [-0.15, -0.1) is 24.0 Å². The van der Waals surface area contributed by atoms with E-state index < -0.39 is 0 Å². The van der Waals surface area contributed by atoms with E-state index in [1.807, 2.05) is 12.1 Å². The van der Waals surface area contributed by atoms with Gasteiger partial charge in [0.2, 0.25) is 0 Å². The fraction of sp³-hybridized carbons (Fsp3) is 0.714. The van der Waals surface area contributed by atoms with Gasteiger partial charge in [-0.1, -0.05) is 11.6 Å². The molecule has 4 rings (SSSR count). The number of hydrogen-bond acceptors (Lipinski definition) is 4. The van der Waals surface area contributed by atoms with Crippen LogP contribution in [0.25, 0.3) is 0 Å². The summed E-state index contributed by atoms with van der Waals surface area (Å²) in [5.74, 6) is 2.78. The van der Waals surface area contributed by atoms with Gasteiger partial charge in [0, 0.05) is 51.0 Å². The molecule has 2 aliphatic carbocycles. The number of aliphatic imine (C=N–C) groups is 1. The molecule has 0 bridgehead atoms. The maximum Gasteiger partial charge on any atom is 0.191 e. The predicted molar refractivity (Wildman–Crippen MR) is 132 cm³/mol. The molecule has 0 aromatic carbocycles. The maximum atomic E-state index is 6.31.